The lowest BCUT2D eigenvalue weighted by atomic mass is 10.1. The van der Waals surface area contributed by atoms with Gasteiger partial charge in [0, 0.05) is 11.3 Å². The highest BCUT2D eigenvalue weighted by Crippen LogP contribution is 2.32. The second-order valence-corrected chi connectivity index (χ2v) is 6.12. The van der Waals surface area contributed by atoms with Gasteiger partial charge in [0.25, 0.3) is 0 Å². The van der Waals surface area contributed by atoms with Crippen molar-refractivity contribution >= 4 is 22.7 Å². The van der Waals surface area contributed by atoms with Crippen LogP contribution in [0, 0.1) is 13.8 Å². The zero-order valence-electron chi connectivity index (χ0n) is 14.1. The highest BCUT2D eigenvalue weighted by Gasteiger charge is 2.24. The maximum atomic E-state index is 11.8. The van der Waals surface area contributed by atoms with E-state index in [2.05, 4.69) is 0 Å². The molecule has 0 saturated carbocycles. The minimum absolute atomic E-state index is 0.475. The van der Waals surface area contributed by atoms with Crippen LogP contribution in [-0.4, -0.2) is 20.6 Å². The lowest BCUT2D eigenvalue weighted by molar-refractivity contribution is -0.140. The molecule has 1 heterocycles. The number of fused-ring (bicyclic) bond motifs is 1. The molecule has 124 valence electrons. The van der Waals surface area contributed by atoms with Gasteiger partial charge in [-0.2, -0.15) is 0 Å². The van der Waals surface area contributed by atoms with Crippen LogP contribution in [0.1, 0.15) is 30.5 Å². The molecule has 3 N–H and O–H groups in total. The van der Waals surface area contributed by atoms with Gasteiger partial charge < -0.3 is 15.4 Å². The number of aromatic nitrogens is 2. The summed E-state index contributed by atoms with van der Waals surface area (Å²) in [5.41, 5.74) is 11.2. The van der Waals surface area contributed by atoms with Crippen LogP contribution in [-0.2, 0) is 4.79 Å². The van der Waals surface area contributed by atoms with Crippen molar-refractivity contribution in [3.8, 4) is 11.4 Å². The monoisotopic (exact) mass is 323 g/mol. The zero-order chi connectivity index (χ0) is 17.4. The van der Waals surface area contributed by atoms with E-state index in [0.29, 0.717) is 17.9 Å². The summed E-state index contributed by atoms with van der Waals surface area (Å²) in [7, 11) is 0. The average molecular weight is 323 g/mol. The van der Waals surface area contributed by atoms with Gasteiger partial charge in [-0.15, -0.1) is 0 Å². The Balaban J connectivity index is 2.37. The normalized spacial score (nSPS) is 12.5. The topological polar surface area (TPSA) is 81.1 Å². The maximum Gasteiger partial charge on any atom is 0.326 e. The quantitative estimate of drug-likeness (QED) is 0.713. The summed E-state index contributed by atoms with van der Waals surface area (Å²) in [6, 6.07) is 10.7. The van der Waals surface area contributed by atoms with Crippen LogP contribution < -0.4 is 5.73 Å². The number of aryl methyl sites for hydroxylation is 2. The van der Waals surface area contributed by atoms with Crippen molar-refractivity contribution in [1.82, 2.24) is 9.55 Å². The van der Waals surface area contributed by atoms with Gasteiger partial charge in [0.15, 0.2) is 0 Å². The van der Waals surface area contributed by atoms with E-state index in [4.69, 9.17) is 10.7 Å². The SMILES string of the molecule is CCC(C(=O)O)n1c(-c2cccc(N)c2)nc2cc(C)c(C)cc21. The van der Waals surface area contributed by atoms with Crippen LogP contribution in [0.2, 0.25) is 0 Å². The molecule has 0 amide bonds. The number of aliphatic carboxylic acids is 1. The Morgan fingerprint density at radius 1 is 1.25 bits per heavy atom. The largest absolute Gasteiger partial charge is 0.480 e. The van der Waals surface area contributed by atoms with Gasteiger partial charge in [-0.25, -0.2) is 9.78 Å². The summed E-state index contributed by atoms with van der Waals surface area (Å²) >= 11 is 0. The van der Waals surface area contributed by atoms with Gasteiger partial charge in [-0.3, -0.25) is 0 Å². The number of carbonyl (C=O) groups is 1. The number of hydrogen-bond acceptors (Lipinski definition) is 3. The molecule has 0 aliphatic rings. The van der Waals surface area contributed by atoms with E-state index >= 15 is 0 Å². The molecule has 2 aromatic carbocycles. The number of nitrogen functional groups attached to an aromatic ring is 1. The lowest BCUT2D eigenvalue weighted by Crippen LogP contribution is -2.19. The van der Waals surface area contributed by atoms with E-state index in [0.717, 1.165) is 27.7 Å². The Morgan fingerprint density at radius 3 is 2.58 bits per heavy atom. The second kappa shape index (κ2) is 6.00. The van der Waals surface area contributed by atoms with Crippen LogP contribution in [0.15, 0.2) is 36.4 Å². The molecule has 0 fully saturated rings. The molecule has 0 aliphatic carbocycles. The van der Waals surface area contributed by atoms with Gasteiger partial charge in [-0.1, -0.05) is 19.1 Å². The Bertz CT molecular complexity index is 928. The molecule has 1 aromatic heterocycles. The number of hydrogen-bond donors (Lipinski definition) is 2. The van der Waals surface area contributed by atoms with Crippen LogP contribution >= 0.6 is 0 Å². The number of rotatable bonds is 4. The molecule has 5 nitrogen and oxygen atoms in total. The highest BCUT2D eigenvalue weighted by molar-refractivity contribution is 5.85. The number of nitrogens with two attached hydrogens (primary N) is 1. The third kappa shape index (κ3) is 2.62. The molecular weight excluding hydrogens is 302 g/mol. The Labute approximate surface area is 140 Å². The standard InChI is InChI=1S/C19H21N3O2/c1-4-16(19(23)24)22-17-9-12(3)11(2)8-15(17)21-18(22)13-6-5-7-14(20)10-13/h5-10,16H,4,20H2,1-3H3,(H,23,24). The number of carboxylic acid groups (broad SMARTS) is 1. The van der Waals surface area contributed by atoms with E-state index < -0.39 is 12.0 Å². The van der Waals surface area contributed by atoms with Gasteiger partial charge in [0.1, 0.15) is 11.9 Å². The molecule has 0 spiro atoms. The number of anilines is 1. The van der Waals surface area contributed by atoms with Crippen LogP contribution in [0.25, 0.3) is 22.4 Å². The van der Waals surface area contributed by atoms with Crippen molar-refractivity contribution in [2.24, 2.45) is 0 Å². The molecule has 0 saturated heterocycles. The van der Waals surface area contributed by atoms with Crippen molar-refractivity contribution in [2.45, 2.75) is 33.2 Å². The summed E-state index contributed by atoms with van der Waals surface area (Å²) in [5, 5.41) is 9.68. The molecule has 0 aliphatic heterocycles. The molecule has 3 aromatic rings. The maximum absolute atomic E-state index is 11.8. The van der Waals surface area contributed by atoms with Gasteiger partial charge in [0.2, 0.25) is 0 Å². The van der Waals surface area contributed by atoms with E-state index in [-0.39, 0.29) is 0 Å². The van der Waals surface area contributed by atoms with Crippen molar-refractivity contribution in [3.05, 3.63) is 47.5 Å². The Hall–Kier alpha value is -2.82. The molecule has 1 atom stereocenters. The van der Waals surface area contributed by atoms with E-state index in [1.54, 1.807) is 6.07 Å². The van der Waals surface area contributed by atoms with Gasteiger partial charge >= 0.3 is 5.97 Å². The highest BCUT2D eigenvalue weighted by atomic mass is 16.4. The first-order valence-electron chi connectivity index (χ1n) is 8.00. The van der Waals surface area contributed by atoms with Crippen molar-refractivity contribution in [3.63, 3.8) is 0 Å². The number of benzene rings is 2. The van der Waals surface area contributed by atoms with Crippen LogP contribution in [0.5, 0.6) is 0 Å². The summed E-state index contributed by atoms with van der Waals surface area (Å²) in [5.74, 6) is -0.225. The minimum Gasteiger partial charge on any atom is -0.480 e. The van der Waals surface area contributed by atoms with E-state index in [1.165, 1.54) is 0 Å². The average Bonchev–Trinajstić information content (AvgIpc) is 2.87. The van der Waals surface area contributed by atoms with E-state index in [9.17, 15) is 9.90 Å². The Morgan fingerprint density at radius 2 is 1.96 bits per heavy atom. The fourth-order valence-electron chi connectivity index (χ4n) is 3.01. The summed E-state index contributed by atoms with van der Waals surface area (Å²) in [6.07, 6.45) is 0.475. The fraction of sp³-hybridized carbons (Fsp3) is 0.263. The first-order valence-corrected chi connectivity index (χ1v) is 8.00. The molecular formula is C19H21N3O2. The van der Waals surface area contributed by atoms with Crippen LogP contribution in [0.4, 0.5) is 5.69 Å². The minimum atomic E-state index is -0.861. The molecule has 1 unspecified atom stereocenters. The third-order valence-electron chi connectivity index (χ3n) is 4.43. The Kier molecular flexibility index (Phi) is 4.01. The third-order valence-corrected chi connectivity index (χ3v) is 4.43. The van der Waals surface area contributed by atoms with Gasteiger partial charge in [-0.05, 0) is 55.7 Å². The first-order chi connectivity index (χ1) is 11.4. The predicted octanol–water partition coefficient (Wildman–Crippen LogP) is 3.94. The van der Waals surface area contributed by atoms with E-state index in [1.807, 2.05) is 55.7 Å². The molecule has 5 heteroatoms. The van der Waals surface area contributed by atoms with Crippen molar-refractivity contribution < 1.29 is 9.90 Å². The summed E-state index contributed by atoms with van der Waals surface area (Å²) < 4.78 is 1.82. The molecule has 3 rings (SSSR count). The first kappa shape index (κ1) is 16.1. The second-order valence-electron chi connectivity index (χ2n) is 6.12. The molecule has 0 bridgehead atoms. The van der Waals surface area contributed by atoms with Gasteiger partial charge in [0.05, 0.1) is 11.0 Å². The van der Waals surface area contributed by atoms with Crippen LogP contribution in [0.3, 0.4) is 0 Å². The smallest absolute Gasteiger partial charge is 0.326 e. The van der Waals surface area contributed by atoms with Crippen molar-refractivity contribution in [2.75, 3.05) is 5.73 Å². The number of imidazole rings is 1. The number of nitrogens with zero attached hydrogens (tertiary/aromatic N) is 2. The molecule has 0 radical (unpaired) electrons. The van der Waals surface area contributed by atoms with Crippen molar-refractivity contribution in [1.29, 1.82) is 0 Å². The summed E-state index contributed by atoms with van der Waals surface area (Å²) in [4.78, 5) is 16.5. The predicted molar refractivity (Wildman–Crippen MR) is 96.0 cm³/mol. The fourth-order valence-corrected chi connectivity index (χ4v) is 3.01. The zero-order valence-corrected chi connectivity index (χ0v) is 14.1. The number of carboxylic acids is 1. The lowest BCUT2D eigenvalue weighted by Gasteiger charge is -2.17. The molecule has 24 heavy (non-hydrogen) atoms. The summed E-state index contributed by atoms with van der Waals surface area (Å²) in [6.45, 7) is 5.92.